The Morgan fingerprint density at radius 3 is 2.69 bits per heavy atom. The summed E-state index contributed by atoms with van der Waals surface area (Å²) >= 11 is 0. The van der Waals surface area contributed by atoms with Crippen LogP contribution in [-0.4, -0.2) is 47.9 Å². The van der Waals surface area contributed by atoms with E-state index in [0.29, 0.717) is 0 Å². The van der Waals surface area contributed by atoms with E-state index in [1.807, 2.05) is 4.90 Å². The average Bonchev–Trinajstić information content (AvgIpc) is 2.84. The van der Waals surface area contributed by atoms with Crippen molar-refractivity contribution in [3.63, 3.8) is 0 Å². The van der Waals surface area contributed by atoms with Crippen LogP contribution in [0.3, 0.4) is 0 Å². The number of amides is 1. The van der Waals surface area contributed by atoms with E-state index in [1.165, 1.54) is 6.08 Å². The minimum absolute atomic E-state index is 0.102. The summed E-state index contributed by atoms with van der Waals surface area (Å²) in [7, 11) is 2.12. The zero-order chi connectivity index (χ0) is 9.47. The minimum atomic E-state index is 0.102. The van der Waals surface area contributed by atoms with Crippen LogP contribution in [-0.2, 0) is 4.79 Å². The van der Waals surface area contributed by atoms with Crippen molar-refractivity contribution >= 4 is 5.91 Å². The van der Waals surface area contributed by atoms with Crippen LogP contribution in [0.1, 0.15) is 12.8 Å². The zero-order valence-electron chi connectivity index (χ0n) is 8.12. The first kappa shape index (κ1) is 8.75. The number of likely N-dealkylation sites (N-methyl/N-ethyl adjacent to an activating group) is 1. The molecule has 2 aliphatic rings. The molecular formula is C10H16N2O. The molecule has 0 bridgehead atoms. The first-order valence-electron chi connectivity index (χ1n) is 4.80. The maximum Gasteiger partial charge on any atom is 0.246 e. The fourth-order valence-corrected chi connectivity index (χ4v) is 2.20. The van der Waals surface area contributed by atoms with E-state index in [1.54, 1.807) is 0 Å². The molecule has 1 heterocycles. The Balaban J connectivity index is 2.11. The summed E-state index contributed by atoms with van der Waals surface area (Å²) in [5.74, 6) is 0.102. The molecule has 1 saturated carbocycles. The highest BCUT2D eigenvalue weighted by atomic mass is 16.2. The minimum Gasteiger partial charge on any atom is -0.331 e. The summed E-state index contributed by atoms with van der Waals surface area (Å²) in [6.07, 6.45) is 3.76. The van der Waals surface area contributed by atoms with Crippen LogP contribution >= 0.6 is 0 Å². The summed E-state index contributed by atoms with van der Waals surface area (Å²) in [5, 5.41) is 0. The average molecular weight is 180 g/mol. The Kier molecular flexibility index (Phi) is 1.91. The predicted octanol–water partition coefficient (Wildman–Crippen LogP) is 0.479. The summed E-state index contributed by atoms with van der Waals surface area (Å²) < 4.78 is 0. The first-order valence-corrected chi connectivity index (χ1v) is 4.80. The van der Waals surface area contributed by atoms with Crippen LogP contribution in [0.25, 0.3) is 0 Å². The highest BCUT2D eigenvalue weighted by molar-refractivity contribution is 5.88. The Bertz CT molecular complexity index is 245. The Labute approximate surface area is 79.0 Å². The van der Waals surface area contributed by atoms with E-state index >= 15 is 0 Å². The highest BCUT2D eigenvalue weighted by Crippen LogP contribution is 2.43. The molecule has 1 saturated heterocycles. The molecule has 0 radical (unpaired) electrons. The summed E-state index contributed by atoms with van der Waals surface area (Å²) in [5.41, 5.74) is 0.179. The molecule has 2 fully saturated rings. The van der Waals surface area contributed by atoms with Gasteiger partial charge < -0.3 is 9.80 Å². The lowest BCUT2D eigenvalue weighted by atomic mass is 10.1. The molecule has 0 unspecified atom stereocenters. The molecule has 0 N–H and O–H groups in total. The van der Waals surface area contributed by atoms with Crippen molar-refractivity contribution in [2.75, 3.05) is 26.7 Å². The largest absolute Gasteiger partial charge is 0.331 e. The number of nitrogens with zero attached hydrogens (tertiary/aromatic N) is 2. The third kappa shape index (κ3) is 1.37. The topological polar surface area (TPSA) is 23.6 Å². The smallest absolute Gasteiger partial charge is 0.246 e. The number of carbonyl (C=O) groups is 1. The van der Waals surface area contributed by atoms with Crippen LogP contribution < -0.4 is 0 Å². The van der Waals surface area contributed by atoms with Crippen molar-refractivity contribution in [1.29, 1.82) is 0 Å². The summed E-state index contributed by atoms with van der Waals surface area (Å²) in [6.45, 7) is 6.43. The SMILES string of the molecule is C=CC(=O)N1CCN(C)CC12CC2. The molecule has 0 aromatic carbocycles. The summed E-state index contributed by atoms with van der Waals surface area (Å²) in [6, 6.07) is 0. The van der Waals surface area contributed by atoms with Crippen molar-refractivity contribution in [3.8, 4) is 0 Å². The van der Waals surface area contributed by atoms with Crippen molar-refractivity contribution < 1.29 is 4.79 Å². The first-order chi connectivity index (χ1) is 6.18. The maximum absolute atomic E-state index is 11.5. The van der Waals surface area contributed by atoms with E-state index in [4.69, 9.17) is 0 Å². The van der Waals surface area contributed by atoms with E-state index in [-0.39, 0.29) is 11.4 Å². The van der Waals surface area contributed by atoms with Gasteiger partial charge in [-0.1, -0.05) is 6.58 Å². The molecule has 72 valence electrons. The zero-order valence-corrected chi connectivity index (χ0v) is 8.12. The molecule has 0 atom stereocenters. The van der Waals surface area contributed by atoms with Crippen molar-refractivity contribution in [1.82, 2.24) is 9.80 Å². The summed E-state index contributed by atoms with van der Waals surface area (Å²) in [4.78, 5) is 15.8. The third-order valence-corrected chi connectivity index (χ3v) is 3.11. The molecule has 1 amide bonds. The van der Waals surface area contributed by atoms with Gasteiger partial charge in [0.2, 0.25) is 5.91 Å². The van der Waals surface area contributed by atoms with Gasteiger partial charge in [-0.25, -0.2) is 0 Å². The third-order valence-electron chi connectivity index (χ3n) is 3.11. The van der Waals surface area contributed by atoms with Gasteiger partial charge >= 0.3 is 0 Å². The van der Waals surface area contributed by atoms with Gasteiger partial charge in [0.25, 0.3) is 0 Å². The number of piperazine rings is 1. The number of carbonyl (C=O) groups excluding carboxylic acids is 1. The lowest BCUT2D eigenvalue weighted by Crippen LogP contribution is -2.55. The molecule has 3 heteroatoms. The van der Waals surface area contributed by atoms with Gasteiger partial charge in [-0.3, -0.25) is 4.79 Å². The standard InChI is InChI=1S/C10H16N2O/c1-3-9(13)12-7-6-11(2)8-10(12)4-5-10/h3H,1,4-8H2,2H3. The normalized spacial score (nSPS) is 26.1. The fourth-order valence-electron chi connectivity index (χ4n) is 2.20. The van der Waals surface area contributed by atoms with Crippen LogP contribution in [0.15, 0.2) is 12.7 Å². The second-order valence-corrected chi connectivity index (χ2v) is 4.16. The van der Waals surface area contributed by atoms with Crippen molar-refractivity contribution in [3.05, 3.63) is 12.7 Å². The fraction of sp³-hybridized carbons (Fsp3) is 0.700. The molecule has 3 nitrogen and oxygen atoms in total. The van der Waals surface area contributed by atoms with Gasteiger partial charge in [-0.05, 0) is 26.0 Å². The van der Waals surface area contributed by atoms with E-state index in [2.05, 4.69) is 18.5 Å². The van der Waals surface area contributed by atoms with Crippen molar-refractivity contribution in [2.45, 2.75) is 18.4 Å². The molecule has 1 spiro atoms. The number of hydrogen-bond donors (Lipinski definition) is 0. The molecule has 0 aromatic rings. The van der Waals surface area contributed by atoms with E-state index in [0.717, 1.165) is 32.5 Å². The van der Waals surface area contributed by atoms with Gasteiger partial charge in [0.05, 0.1) is 5.54 Å². The molecule has 2 rings (SSSR count). The number of rotatable bonds is 1. The Morgan fingerprint density at radius 1 is 1.46 bits per heavy atom. The molecule has 1 aliphatic heterocycles. The molecule has 0 aromatic heterocycles. The Morgan fingerprint density at radius 2 is 2.15 bits per heavy atom. The molecule has 13 heavy (non-hydrogen) atoms. The van der Waals surface area contributed by atoms with Gasteiger partial charge in [0.1, 0.15) is 0 Å². The van der Waals surface area contributed by atoms with Gasteiger partial charge in [0, 0.05) is 19.6 Å². The highest BCUT2D eigenvalue weighted by Gasteiger charge is 2.51. The second-order valence-electron chi connectivity index (χ2n) is 4.16. The molecule has 1 aliphatic carbocycles. The second kappa shape index (κ2) is 2.84. The van der Waals surface area contributed by atoms with Gasteiger partial charge in [0.15, 0.2) is 0 Å². The van der Waals surface area contributed by atoms with Crippen molar-refractivity contribution in [2.24, 2.45) is 0 Å². The van der Waals surface area contributed by atoms with Crippen LogP contribution in [0.2, 0.25) is 0 Å². The Hall–Kier alpha value is -0.830. The van der Waals surface area contributed by atoms with Crippen LogP contribution in [0.4, 0.5) is 0 Å². The molecular weight excluding hydrogens is 164 g/mol. The maximum atomic E-state index is 11.5. The van der Waals surface area contributed by atoms with Gasteiger partial charge in [-0.15, -0.1) is 0 Å². The van der Waals surface area contributed by atoms with Crippen LogP contribution in [0, 0.1) is 0 Å². The lowest BCUT2D eigenvalue weighted by Gasteiger charge is -2.40. The van der Waals surface area contributed by atoms with E-state index in [9.17, 15) is 4.79 Å². The quantitative estimate of drug-likeness (QED) is 0.548. The monoisotopic (exact) mass is 180 g/mol. The number of hydrogen-bond acceptors (Lipinski definition) is 2. The van der Waals surface area contributed by atoms with Gasteiger partial charge in [-0.2, -0.15) is 0 Å². The van der Waals surface area contributed by atoms with E-state index < -0.39 is 0 Å². The predicted molar refractivity (Wildman–Crippen MR) is 51.4 cm³/mol. The lowest BCUT2D eigenvalue weighted by molar-refractivity contribution is -0.131. The van der Waals surface area contributed by atoms with Crippen LogP contribution in [0.5, 0.6) is 0 Å².